The van der Waals surface area contributed by atoms with Crippen LogP contribution in [0.2, 0.25) is 36.3 Å². The fraction of sp³-hybridized carbons (Fsp3) is 0.603. The van der Waals surface area contributed by atoms with E-state index in [2.05, 4.69) is 75.8 Å². The summed E-state index contributed by atoms with van der Waals surface area (Å²) in [5, 5.41) is 6.61. The van der Waals surface area contributed by atoms with Gasteiger partial charge in [0.15, 0.2) is 86.2 Å². The van der Waals surface area contributed by atoms with Gasteiger partial charge in [-0.2, -0.15) is 9.97 Å². The van der Waals surface area contributed by atoms with E-state index in [4.69, 9.17) is 74.5 Å². The number of imidazole rings is 4. The highest BCUT2D eigenvalue weighted by atomic mass is 31.2. The highest BCUT2D eigenvalue weighted by molar-refractivity contribution is 7.47. The Morgan fingerprint density at radius 2 is 0.846 bits per heavy atom. The summed E-state index contributed by atoms with van der Waals surface area (Å²) in [5.41, 5.74) is 3.27. The lowest BCUT2D eigenvalue weighted by molar-refractivity contribution is -0.236. The fourth-order valence-electron chi connectivity index (χ4n) is 14.7. The van der Waals surface area contributed by atoms with Crippen LogP contribution in [0.5, 0.6) is 0 Å². The minimum Gasteiger partial charge on any atom is -0.756 e. The lowest BCUT2D eigenvalue weighted by Crippen LogP contribution is -2.50. The number of ketones is 2. The molecule has 0 aliphatic carbocycles. The van der Waals surface area contributed by atoms with E-state index in [0.29, 0.717) is 5.56 Å². The zero-order valence-corrected chi connectivity index (χ0v) is 82.6. The van der Waals surface area contributed by atoms with Crippen molar-refractivity contribution in [1.82, 2.24) is 83.4 Å². The first-order valence-corrected chi connectivity index (χ1v) is 55.0. The van der Waals surface area contributed by atoms with Gasteiger partial charge < -0.3 is 91.2 Å². The van der Waals surface area contributed by atoms with Crippen LogP contribution in [0.15, 0.2) is 74.8 Å². The molecule has 8 aromatic heterocycles. The molecule has 3 amide bonds. The Labute approximate surface area is 777 Å². The van der Waals surface area contributed by atoms with Crippen LogP contribution in [-0.2, 0) is 126 Å². The molecule has 20 atom stereocenters. The van der Waals surface area contributed by atoms with E-state index in [0.717, 1.165) is 17.2 Å². The van der Waals surface area contributed by atoms with Gasteiger partial charge in [-0.05, 0) is 41.8 Å². The third-order valence-corrected chi connectivity index (χ3v) is 37.2. The third kappa shape index (κ3) is 22.4. The number of benzene rings is 1. The third-order valence-electron chi connectivity index (χ3n) is 24.3. The molecule has 6 aliphatic rings. The highest BCUT2D eigenvalue weighted by Crippen LogP contribution is 2.57. The number of phosphoric acid groups is 4. The summed E-state index contributed by atoms with van der Waals surface area (Å²) in [6.45, 7) is 28.7. The number of alkyl carbamates (subject to hydrolysis) is 1. The van der Waals surface area contributed by atoms with Crippen molar-refractivity contribution >= 4 is 134 Å². The molecule has 1 aromatic carbocycles. The maximum Gasteiger partial charge on any atom is 0.472 e. The summed E-state index contributed by atoms with van der Waals surface area (Å²) in [4.78, 5) is 212. The number of ether oxygens (including phenoxy) is 5. The Bertz CT molecular complexity index is 6500. The van der Waals surface area contributed by atoms with E-state index in [1.54, 1.807) is 85.7 Å². The molecule has 0 spiro atoms. The maximum absolute atomic E-state index is 14.3. The number of nitrogens with one attached hydrogen (secondary N) is 7. The Kier molecular flexibility index (Phi) is 29.8. The van der Waals surface area contributed by atoms with Gasteiger partial charge >= 0.3 is 21.7 Å². The molecule has 14 heterocycles. The van der Waals surface area contributed by atoms with Crippen LogP contribution in [-0.4, -0.2) is 234 Å². The Hall–Kier alpha value is -9.24. The van der Waals surface area contributed by atoms with E-state index < -0.39 is 234 Å². The van der Waals surface area contributed by atoms with Crippen LogP contribution in [0.1, 0.15) is 140 Å². The molecule has 0 saturated carbocycles. The summed E-state index contributed by atoms with van der Waals surface area (Å²) in [6.07, 6.45) is -18.0. The van der Waals surface area contributed by atoms with Gasteiger partial charge in [0.2, 0.25) is 23.7 Å². The molecule has 15 rings (SSSR count). The number of fused-ring (bicyclic) bond motifs is 8. The lowest BCUT2D eigenvalue weighted by atomic mass is 10.1. The summed E-state index contributed by atoms with van der Waals surface area (Å²) in [7, 11) is -27.3. The van der Waals surface area contributed by atoms with Crippen LogP contribution in [0.4, 0.5) is 16.7 Å². The van der Waals surface area contributed by atoms with Crippen LogP contribution in [0.25, 0.3) is 44.7 Å². The van der Waals surface area contributed by atoms with Crippen molar-refractivity contribution in [2.45, 2.75) is 251 Å². The number of phosphoric ester groups is 4. The molecule has 11 N–H and O–H groups in total. The van der Waals surface area contributed by atoms with E-state index in [-0.39, 0.29) is 112 Å². The predicted octanol–water partition coefficient (Wildman–Crippen LogP) is 5.24. The zero-order valence-electron chi connectivity index (χ0n) is 77.1. The molecule has 58 heteroatoms. The van der Waals surface area contributed by atoms with Crippen LogP contribution in [0.3, 0.4) is 0 Å². The normalized spacial score (nSPS) is 29.4. The Morgan fingerprint density at radius 1 is 0.500 bits per heavy atom. The lowest BCUT2D eigenvalue weighted by Gasteiger charge is -2.40. The summed E-state index contributed by atoms with van der Waals surface area (Å²) in [6, 6.07) is 5.58. The Morgan fingerprint density at radius 3 is 1.24 bits per heavy atom. The number of carbonyl (C=O) groups excluding carboxylic acids is 5. The molecule has 0 radical (unpaired) electrons. The first-order valence-electron chi connectivity index (χ1n) is 43.3. The maximum atomic E-state index is 14.3. The number of hydrogen-bond donors (Lipinski definition) is 10. The molecular weight excluding hydrogens is 1910 g/mol. The molecule has 744 valence electrons. The number of aromatic amines is 4. The fourth-order valence-corrected chi connectivity index (χ4v) is 21.1. The number of nitrogens with two attached hydrogens (primary N) is 1. The first kappa shape index (κ1) is 103. The van der Waals surface area contributed by atoms with Gasteiger partial charge in [-0.25, -0.2) is 43.8 Å². The number of carbonyl (C=O) groups is 5. The summed E-state index contributed by atoms with van der Waals surface area (Å²) >= 11 is 0. The Balaban J connectivity index is 0.000000232. The number of nitrogens with zero attached hydrogens (tertiary/aromatic N) is 12. The topological polar surface area (TPSA) is 695 Å². The monoisotopic (exact) mass is 2020 g/mol. The van der Waals surface area contributed by atoms with Crippen molar-refractivity contribution in [3.8, 4) is 0 Å². The van der Waals surface area contributed by atoms with Crippen molar-refractivity contribution in [1.29, 1.82) is 0 Å². The zero-order chi connectivity index (χ0) is 99.1. The molecule has 136 heavy (non-hydrogen) atoms. The predicted molar refractivity (Wildman–Crippen MR) is 478 cm³/mol. The van der Waals surface area contributed by atoms with Crippen molar-refractivity contribution in [3.63, 3.8) is 0 Å². The van der Waals surface area contributed by atoms with Crippen LogP contribution < -0.4 is 53.7 Å². The molecule has 52 nitrogen and oxygen atoms in total. The molecule has 6 saturated heterocycles. The van der Waals surface area contributed by atoms with Gasteiger partial charge in [0.05, 0.1) is 70.6 Å². The van der Waals surface area contributed by atoms with E-state index in [9.17, 15) is 81.0 Å². The first-order chi connectivity index (χ1) is 63.5. The van der Waals surface area contributed by atoms with Crippen molar-refractivity contribution in [2.75, 3.05) is 37.1 Å². The number of hydrogen-bond acceptors (Lipinski definition) is 39. The van der Waals surface area contributed by atoms with E-state index in [1.165, 1.54) is 26.4 Å². The summed E-state index contributed by atoms with van der Waals surface area (Å²) < 4.78 is 151. The number of rotatable bonds is 21. The second-order valence-electron chi connectivity index (χ2n) is 37.6. The second-order valence-corrected chi connectivity index (χ2v) is 52.6. The molecule has 6 fully saturated rings. The SMILES string of the molecule is CC(C)C(=O)Cc1nc2c(ncn2[C@@H]2O[C@@H]3COP(=O)([O-])O[C@H]4[C@@H](N)[C@H](n5cnc6c(=O)[nH]c(NC(=O)C(C)C)nc65)O[C@@H]4COP(=O)(O)O[C@H]3[C@H]2O[Si](C)(C)C(C)(C)C)c(=O)[nH]1.CC(C)C(=O)Cc1nc2c(ncn2[C@@H]2O[C@@H]3COP(=O)([O-])O[C@H]4[C@@H](NC(=O)OCc5ccccc5)[C@H](n5cnc6c(=O)[nH]c(NC(=O)C(C)C)nc65)O[C@@H]4COP(=O)(O)O[C@H]3[C@H]2O[Si](C)(C)C(C)(C)C)c(=O)[nH]1.[HH]. The van der Waals surface area contributed by atoms with Crippen molar-refractivity contribution < 1.29 is 132 Å². The number of Topliss-reactive ketones (excluding diaryl/α,β-unsaturated/α-hetero) is 2. The second kappa shape index (κ2) is 39.4. The quantitative estimate of drug-likeness (QED) is 0.0325. The number of H-pyrrole nitrogens is 4. The molecule has 9 aromatic rings. The van der Waals surface area contributed by atoms with Crippen LogP contribution >= 0.6 is 31.3 Å². The van der Waals surface area contributed by atoms with Crippen LogP contribution in [0, 0.1) is 23.7 Å². The van der Waals surface area contributed by atoms with E-state index in [1.807, 2.05) is 67.7 Å². The average molecular weight is 2020 g/mol. The van der Waals surface area contributed by atoms with Gasteiger partial charge in [-0.1, -0.05) is 127 Å². The van der Waals surface area contributed by atoms with Gasteiger partial charge in [0.25, 0.3) is 37.9 Å². The largest absolute Gasteiger partial charge is 0.756 e. The van der Waals surface area contributed by atoms with E-state index >= 15 is 0 Å². The van der Waals surface area contributed by atoms with Gasteiger partial charge in [-0.3, -0.25) is 104 Å². The standard InChI is InChI=1S/C43H58N10O17P2Si.C35H52N10O15P2Si.H2/c1-21(2)24(54)15-27-46-34-29(37(56)47-27)45-20-53(34)40-33(70-73(8,9)43(5,6)7)32-26(67-40)18-65-71(59,60)68-31-25(17-64-72(61,62)69-32)66-39(28(31)48-42(58)63-16-23-13-11-10-12-14-23)52-19-44-30-35(52)49-41(51-38(30)57)50-36(55)22(3)4;1-15(2)17(46)10-20-39-27-22(30(48)40-20)38-14-45(27)33-26(60-63(8,9)35(5,6)7)25-19(57-33)12-55-61(50,51)58-24-18(11-54-62(52,53)59-25)56-32(21(24)36)44-13-37-23-28(44)41-34(43-31(23)49)42-29(47)16(3)4;/h10-14,19-22,25-26,28,31-33,39-40H,15-18H2,1-9H3,(H,48,58)(H,59,60)(H,61,62)(H,46,47,56)(H2,49,50,51,55,57);13-16,18-19,21,24-26,32-33H,10-12,36H2,1-9H3,(H,50,51)(H,52,53)(H,39,40,48)(H2,41,42,43,47,49);1H/p-2/t25-,26-,28-,31-,32-,33-,39-,40-;18-,19-,21-,24-,25-,26-,32-,33-;/m11./s1. The molecule has 6 aliphatic heterocycles. The van der Waals surface area contributed by atoms with Crippen molar-refractivity contribution in [2.24, 2.45) is 29.4 Å². The smallest absolute Gasteiger partial charge is 0.472 e. The number of anilines is 2. The molecule has 0 bridgehead atoms. The van der Waals surface area contributed by atoms with Crippen molar-refractivity contribution in [3.05, 3.63) is 114 Å². The van der Waals surface area contributed by atoms with Gasteiger partial charge in [-0.15, -0.1) is 0 Å². The van der Waals surface area contributed by atoms with Gasteiger partial charge in [0.1, 0.15) is 96.9 Å². The van der Waals surface area contributed by atoms with Gasteiger partial charge in [0, 0.05) is 25.1 Å². The average Bonchev–Trinajstić information content (AvgIpc) is 1.59. The molecule has 4 unspecified atom stereocenters. The number of aromatic nitrogens is 16. The molecular formula is C78H110N20O32P4Si2-2. The highest BCUT2D eigenvalue weighted by Gasteiger charge is 2.59. The minimum absolute atomic E-state index is 0. The number of amides is 3. The summed E-state index contributed by atoms with van der Waals surface area (Å²) in [5.74, 6) is -3.45. The minimum atomic E-state index is -5.60.